The summed E-state index contributed by atoms with van der Waals surface area (Å²) in [6.07, 6.45) is 9.69. The summed E-state index contributed by atoms with van der Waals surface area (Å²) in [5, 5.41) is 0. The molecule has 0 N–H and O–H groups in total. The van der Waals surface area contributed by atoms with Gasteiger partial charge in [-0.05, 0) is 60.1 Å². The van der Waals surface area contributed by atoms with Crippen LogP contribution in [0.2, 0.25) is 0 Å². The number of aryl methyl sites for hydroxylation is 2. The number of nitrogens with zero attached hydrogens (tertiary/aromatic N) is 1. The Bertz CT molecular complexity index is 579. The second kappa shape index (κ2) is 6.65. The van der Waals surface area contributed by atoms with Gasteiger partial charge in [-0.2, -0.15) is 0 Å². The molecule has 0 saturated heterocycles. The lowest BCUT2D eigenvalue weighted by molar-refractivity contribution is 0.605. The predicted octanol–water partition coefficient (Wildman–Crippen LogP) is 4.75. The van der Waals surface area contributed by atoms with Crippen molar-refractivity contribution in [1.29, 1.82) is 0 Å². The van der Waals surface area contributed by atoms with Crippen molar-refractivity contribution in [3.63, 3.8) is 0 Å². The number of fused-ring (bicyclic) bond motifs is 1. The number of hydrogen-bond donors (Lipinski definition) is 0. The smallest absolute Gasteiger partial charge is 0.127 e. The van der Waals surface area contributed by atoms with Gasteiger partial charge in [0.2, 0.25) is 0 Å². The molecule has 2 heteroatoms. The highest BCUT2D eigenvalue weighted by Gasteiger charge is 2.18. The van der Waals surface area contributed by atoms with E-state index in [9.17, 15) is 4.39 Å². The average molecular weight is 271 g/mol. The fraction of sp³-hybridized carbons (Fsp3) is 0.389. The molecular weight excluding hydrogens is 249 g/mol. The lowest BCUT2D eigenvalue weighted by Crippen LogP contribution is -2.07. The molecule has 0 fully saturated rings. The van der Waals surface area contributed by atoms with Crippen LogP contribution >= 0.6 is 0 Å². The molecule has 1 aliphatic carbocycles. The summed E-state index contributed by atoms with van der Waals surface area (Å²) < 4.78 is 14.2. The monoisotopic (exact) mass is 271 g/mol. The van der Waals surface area contributed by atoms with Crippen molar-refractivity contribution in [3.05, 3.63) is 52.4 Å². The van der Waals surface area contributed by atoms with Gasteiger partial charge in [0.05, 0.1) is 0 Å². The zero-order valence-electron chi connectivity index (χ0n) is 12.5. The zero-order valence-corrected chi connectivity index (χ0v) is 12.5. The van der Waals surface area contributed by atoms with Crippen LogP contribution in [0.15, 0.2) is 34.9 Å². The molecule has 0 spiro atoms. The first-order chi connectivity index (χ1) is 9.71. The molecule has 0 amide bonds. The number of allylic oxidation sites excluding steroid dienone is 4. The van der Waals surface area contributed by atoms with E-state index in [1.165, 1.54) is 11.1 Å². The molecule has 0 atom stereocenters. The third kappa shape index (κ3) is 2.90. The maximum Gasteiger partial charge on any atom is 0.127 e. The fourth-order valence-electron chi connectivity index (χ4n) is 2.82. The summed E-state index contributed by atoms with van der Waals surface area (Å²) in [5.74, 6) is -0.0812. The van der Waals surface area contributed by atoms with Crippen molar-refractivity contribution in [2.24, 2.45) is 4.99 Å². The lowest BCUT2D eigenvalue weighted by atomic mass is 9.84. The quantitative estimate of drug-likeness (QED) is 0.700. The Kier molecular flexibility index (Phi) is 4.89. The van der Waals surface area contributed by atoms with E-state index in [0.717, 1.165) is 42.4 Å². The summed E-state index contributed by atoms with van der Waals surface area (Å²) in [4.78, 5) is 4.12. The summed E-state index contributed by atoms with van der Waals surface area (Å²) in [7, 11) is 1.78. The molecule has 1 aromatic rings. The van der Waals surface area contributed by atoms with Crippen molar-refractivity contribution in [1.82, 2.24) is 0 Å². The Morgan fingerprint density at radius 2 is 2.10 bits per heavy atom. The minimum Gasteiger partial charge on any atom is -0.296 e. The Morgan fingerprint density at radius 1 is 1.30 bits per heavy atom. The van der Waals surface area contributed by atoms with Crippen LogP contribution in [-0.2, 0) is 12.8 Å². The Hall–Kier alpha value is -1.70. The molecule has 0 aliphatic heterocycles. The predicted molar refractivity (Wildman–Crippen MR) is 84.9 cm³/mol. The van der Waals surface area contributed by atoms with Crippen molar-refractivity contribution >= 4 is 11.8 Å². The van der Waals surface area contributed by atoms with Crippen molar-refractivity contribution in [2.45, 2.75) is 39.5 Å². The largest absolute Gasteiger partial charge is 0.296 e. The highest BCUT2D eigenvalue weighted by Crippen LogP contribution is 2.33. The first-order valence-corrected chi connectivity index (χ1v) is 7.30. The molecule has 106 valence electrons. The van der Waals surface area contributed by atoms with Gasteiger partial charge in [-0.1, -0.05) is 31.6 Å². The van der Waals surface area contributed by atoms with Crippen molar-refractivity contribution in [2.75, 3.05) is 7.05 Å². The van der Waals surface area contributed by atoms with E-state index in [4.69, 9.17) is 0 Å². The summed E-state index contributed by atoms with van der Waals surface area (Å²) in [5.41, 5.74) is 5.44. The van der Waals surface area contributed by atoms with Crippen LogP contribution in [0, 0.1) is 5.82 Å². The van der Waals surface area contributed by atoms with Gasteiger partial charge in [0, 0.05) is 13.3 Å². The van der Waals surface area contributed by atoms with Crippen molar-refractivity contribution < 1.29 is 4.39 Å². The normalized spacial score (nSPS) is 15.4. The minimum atomic E-state index is -0.0812. The molecular formula is C18H22FN. The SMILES string of the molecule is C/C=C/C1=C(C=NC)CCc2cc(CCC)c(F)cc21. The van der Waals surface area contributed by atoms with E-state index in [-0.39, 0.29) is 5.82 Å². The number of aliphatic imine (C=N–C) groups is 1. The van der Waals surface area contributed by atoms with Gasteiger partial charge < -0.3 is 0 Å². The van der Waals surface area contributed by atoms with Gasteiger partial charge in [0.1, 0.15) is 5.82 Å². The zero-order chi connectivity index (χ0) is 14.5. The third-order valence-electron chi connectivity index (χ3n) is 3.71. The van der Waals surface area contributed by atoms with Crippen LogP contribution in [-0.4, -0.2) is 13.3 Å². The molecule has 20 heavy (non-hydrogen) atoms. The third-order valence-corrected chi connectivity index (χ3v) is 3.71. The second-order valence-electron chi connectivity index (χ2n) is 5.18. The first-order valence-electron chi connectivity index (χ1n) is 7.30. The van der Waals surface area contributed by atoms with Crippen LogP contribution < -0.4 is 0 Å². The molecule has 0 unspecified atom stereocenters. The topological polar surface area (TPSA) is 12.4 Å². The van der Waals surface area contributed by atoms with Crippen molar-refractivity contribution in [3.8, 4) is 0 Å². The average Bonchev–Trinajstić information content (AvgIpc) is 2.43. The molecule has 0 saturated carbocycles. The van der Waals surface area contributed by atoms with E-state index < -0.39 is 0 Å². The first kappa shape index (κ1) is 14.7. The highest BCUT2D eigenvalue weighted by molar-refractivity contribution is 5.96. The molecule has 0 radical (unpaired) electrons. The Morgan fingerprint density at radius 3 is 2.75 bits per heavy atom. The van der Waals surface area contributed by atoms with Gasteiger partial charge in [0.15, 0.2) is 0 Å². The number of hydrogen-bond acceptors (Lipinski definition) is 1. The lowest BCUT2D eigenvalue weighted by Gasteiger charge is -2.21. The van der Waals surface area contributed by atoms with E-state index >= 15 is 0 Å². The molecule has 0 bridgehead atoms. The fourth-order valence-corrected chi connectivity index (χ4v) is 2.82. The van der Waals surface area contributed by atoms with Crippen LogP contribution in [0.1, 0.15) is 43.4 Å². The maximum atomic E-state index is 14.2. The number of benzene rings is 1. The molecule has 2 rings (SSSR count). The standard InChI is InChI=1S/C18H22FN/c1-4-6-14-10-13-8-9-15(12-20-3)16(7-5-2)17(13)11-18(14)19/h5,7,10-12H,4,6,8-9H2,1-3H3/b7-5+,20-12?. The van der Waals surface area contributed by atoms with Gasteiger partial charge >= 0.3 is 0 Å². The highest BCUT2D eigenvalue weighted by atomic mass is 19.1. The van der Waals surface area contributed by atoms with E-state index in [2.05, 4.69) is 24.1 Å². The van der Waals surface area contributed by atoms with Crippen LogP contribution in [0.4, 0.5) is 4.39 Å². The van der Waals surface area contributed by atoms with Crippen LogP contribution in [0.3, 0.4) is 0 Å². The van der Waals surface area contributed by atoms with E-state index in [0.29, 0.717) is 0 Å². The Labute approximate surface area is 120 Å². The number of rotatable bonds is 4. The van der Waals surface area contributed by atoms with Gasteiger partial charge in [-0.15, -0.1) is 0 Å². The summed E-state index contributed by atoms with van der Waals surface area (Å²) in [6.45, 7) is 4.07. The molecule has 1 aliphatic rings. The summed E-state index contributed by atoms with van der Waals surface area (Å²) in [6, 6.07) is 3.76. The van der Waals surface area contributed by atoms with E-state index in [1.54, 1.807) is 13.1 Å². The molecule has 1 nitrogen and oxygen atoms in total. The maximum absolute atomic E-state index is 14.2. The summed E-state index contributed by atoms with van der Waals surface area (Å²) >= 11 is 0. The molecule has 0 aromatic heterocycles. The Balaban J connectivity index is 2.56. The molecule has 1 aromatic carbocycles. The minimum absolute atomic E-state index is 0.0812. The van der Waals surface area contributed by atoms with E-state index in [1.807, 2.05) is 19.2 Å². The van der Waals surface area contributed by atoms with Gasteiger partial charge in [-0.3, -0.25) is 4.99 Å². The van der Waals surface area contributed by atoms with Crippen LogP contribution in [0.25, 0.3) is 5.57 Å². The molecule has 0 heterocycles. The number of halogens is 1. The van der Waals surface area contributed by atoms with Crippen LogP contribution in [0.5, 0.6) is 0 Å². The van der Waals surface area contributed by atoms with Gasteiger partial charge in [-0.25, -0.2) is 4.39 Å². The second-order valence-corrected chi connectivity index (χ2v) is 5.18. The van der Waals surface area contributed by atoms with Gasteiger partial charge in [0.25, 0.3) is 0 Å².